The SMILES string of the molecule is CC(=O)Nc1ccc(C)c(N2CCc3nn(-c4ccccc4)cc3C2)c1. The Morgan fingerprint density at radius 1 is 1.15 bits per heavy atom. The van der Waals surface area contributed by atoms with E-state index in [4.69, 9.17) is 5.10 Å². The number of nitrogens with one attached hydrogen (secondary N) is 1. The van der Waals surface area contributed by atoms with Gasteiger partial charge in [-0.25, -0.2) is 4.68 Å². The lowest BCUT2D eigenvalue weighted by atomic mass is 10.1. The number of rotatable bonds is 3. The first-order valence-corrected chi connectivity index (χ1v) is 8.86. The Morgan fingerprint density at radius 3 is 2.73 bits per heavy atom. The smallest absolute Gasteiger partial charge is 0.221 e. The van der Waals surface area contributed by atoms with E-state index in [9.17, 15) is 4.79 Å². The Hall–Kier alpha value is -3.08. The van der Waals surface area contributed by atoms with E-state index < -0.39 is 0 Å². The molecular formula is C21H22N4O. The molecule has 2 heterocycles. The zero-order valence-electron chi connectivity index (χ0n) is 15.1. The highest BCUT2D eigenvalue weighted by atomic mass is 16.1. The number of anilines is 2. The summed E-state index contributed by atoms with van der Waals surface area (Å²) in [6.45, 7) is 5.39. The van der Waals surface area contributed by atoms with Gasteiger partial charge in [-0.2, -0.15) is 5.10 Å². The third-order valence-electron chi connectivity index (χ3n) is 4.75. The molecule has 0 spiro atoms. The topological polar surface area (TPSA) is 50.2 Å². The molecule has 0 radical (unpaired) electrons. The maximum absolute atomic E-state index is 11.4. The van der Waals surface area contributed by atoms with Crippen LogP contribution < -0.4 is 10.2 Å². The monoisotopic (exact) mass is 346 g/mol. The van der Waals surface area contributed by atoms with Gasteiger partial charge < -0.3 is 10.2 Å². The van der Waals surface area contributed by atoms with Crippen LogP contribution in [0.1, 0.15) is 23.7 Å². The maximum atomic E-state index is 11.4. The van der Waals surface area contributed by atoms with Crippen molar-refractivity contribution in [2.24, 2.45) is 0 Å². The Kier molecular flexibility index (Phi) is 4.21. The molecule has 1 aliphatic rings. The fourth-order valence-corrected chi connectivity index (χ4v) is 3.46. The Labute approximate surface area is 153 Å². The molecule has 4 rings (SSSR count). The molecule has 1 aliphatic heterocycles. The number of amides is 1. The van der Waals surface area contributed by atoms with Gasteiger partial charge in [0.2, 0.25) is 5.91 Å². The van der Waals surface area contributed by atoms with Crippen LogP contribution in [0.4, 0.5) is 11.4 Å². The second kappa shape index (κ2) is 6.67. The van der Waals surface area contributed by atoms with Crippen LogP contribution >= 0.6 is 0 Å². The number of carbonyl (C=O) groups excluding carboxylic acids is 1. The van der Waals surface area contributed by atoms with Crippen LogP contribution in [0.15, 0.2) is 54.7 Å². The van der Waals surface area contributed by atoms with Gasteiger partial charge >= 0.3 is 0 Å². The van der Waals surface area contributed by atoms with Gasteiger partial charge in [0.25, 0.3) is 0 Å². The van der Waals surface area contributed by atoms with E-state index in [1.54, 1.807) is 0 Å². The first kappa shape index (κ1) is 16.4. The van der Waals surface area contributed by atoms with Crippen LogP contribution in [0.3, 0.4) is 0 Å². The molecule has 5 nitrogen and oxygen atoms in total. The lowest BCUT2D eigenvalue weighted by Gasteiger charge is -2.30. The summed E-state index contributed by atoms with van der Waals surface area (Å²) in [5.74, 6) is -0.0510. The summed E-state index contributed by atoms with van der Waals surface area (Å²) in [6, 6.07) is 16.3. The molecule has 0 atom stereocenters. The minimum absolute atomic E-state index is 0.0510. The van der Waals surface area contributed by atoms with Crippen LogP contribution in [0, 0.1) is 6.92 Å². The molecule has 0 aliphatic carbocycles. The molecule has 26 heavy (non-hydrogen) atoms. The van der Waals surface area contributed by atoms with E-state index in [-0.39, 0.29) is 5.91 Å². The van der Waals surface area contributed by atoms with Crippen LogP contribution in [0.5, 0.6) is 0 Å². The van der Waals surface area contributed by atoms with Crippen LogP contribution in [-0.2, 0) is 17.8 Å². The van der Waals surface area contributed by atoms with Crippen molar-refractivity contribution in [3.8, 4) is 5.69 Å². The average Bonchev–Trinajstić information content (AvgIpc) is 3.07. The van der Waals surface area contributed by atoms with Crippen molar-refractivity contribution in [1.82, 2.24) is 9.78 Å². The molecule has 0 fully saturated rings. The van der Waals surface area contributed by atoms with Gasteiger partial charge in [0.1, 0.15) is 0 Å². The molecule has 2 aromatic carbocycles. The van der Waals surface area contributed by atoms with E-state index >= 15 is 0 Å². The first-order valence-electron chi connectivity index (χ1n) is 8.86. The molecule has 132 valence electrons. The Bertz CT molecular complexity index is 946. The van der Waals surface area contributed by atoms with Gasteiger partial charge in [0.05, 0.1) is 11.4 Å². The number of carbonyl (C=O) groups is 1. The molecule has 0 saturated carbocycles. The van der Waals surface area contributed by atoms with Gasteiger partial charge in [-0.15, -0.1) is 0 Å². The van der Waals surface area contributed by atoms with Crippen molar-refractivity contribution in [3.63, 3.8) is 0 Å². The Balaban J connectivity index is 1.61. The van der Waals surface area contributed by atoms with Gasteiger partial charge in [-0.1, -0.05) is 24.3 Å². The molecule has 1 aromatic heterocycles. The number of para-hydroxylation sites is 1. The normalized spacial score (nSPS) is 13.4. The van der Waals surface area contributed by atoms with Gasteiger partial charge in [-0.3, -0.25) is 4.79 Å². The first-order chi connectivity index (χ1) is 12.6. The minimum atomic E-state index is -0.0510. The molecule has 0 saturated heterocycles. The van der Waals surface area contributed by atoms with Crippen LogP contribution in [0.2, 0.25) is 0 Å². The quantitative estimate of drug-likeness (QED) is 0.787. The van der Waals surface area contributed by atoms with E-state index in [1.807, 2.05) is 28.9 Å². The standard InChI is InChI=1S/C21H22N4O/c1-15-8-9-18(22-16(2)26)12-21(15)24-11-10-20-17(13-24)14-25(23-20)19-6-4-3-5-7-19/h3-9,12,14H,10-11,13H2,1-2H3,(H,22,26). The van der Waals surface area contributed by atoms with Crippen molar-refractivity contribution < 1.29 is 4.79 Å². The van der Waals surface area contributed by atoms with Crippen molar-refractivity contribution in [2.75, 3.05) is 16.8 Å². The largest absolute Gasteiger partial charge is 0.366 e. The molecule has 0 bridgehead atoms. The summed E-state index contributed by atoms with van der Waals surface area (Å²) >= 11 is 0. The lowest BCUT2D eigenvalue weighted by molar-refractivity contribution is -0.114. The van der Waals surface area contributed by atoms with Crippen molar-refractivity contribution in [3.05, 3.63) is 71.5 Å². The third-order valence-corrected chi connectivity index (χ3v) is 4.75. The second-order valence-corrected chi connectivity index (χ2v) is 6.74. The highest BCUT2D eigenvalue weighted by molar-refractivity contribution is 5.89. The number of hydrogen-bond donors (Lipinski definition) is 1. The van der Waals surface area contributed by atoms with Crippen LogP contribution in [0.25, 0.3) is 5.69 Å². The summed E-state index contributed by atoms with van der Waals surface area (Å²) in [5.41, 5.74) is 6.71. The average molecular weight is 346 g/mol. The van der Waals surface area contributed by atoms with E-state index in [0.29, 0.717) is 0 Å². The van der Waals surface area contributed by atoms with Gasteiger partial charge in [0.15, 0.2) is 0 Å². The van der Waals surface area contributed by atoms with Crippen LogP contribution in [-0.4, -0.2) is 22.2 Å². The molecule has 5 heteroatoms. The molecule has 1 N–H and O–H groups in total. The third kappa shape index (κ3) is 3.20. The zero-order valence-corrected chi connectivity index (χ0v) is 15.1. The number of hydrogen-bond acceptors (Lipinski definition) is 3. The van der Waals surface area contributed by atoms with E-state index in [0.717, 1.165) is 36.6 Å². The summed E-state index contributed by atoms with van der Waals surface area (Å²) in [6.07, 6.45) is 3.04. The number of benzene rings is 2. The van der Waals surface area contributed by atoms with Gasteiger partial charge in [0, 0.05) is 49.6 Å². The molecule has 3 aromatic rings. The highest BCUT2D eigenvalue weighted by Gasteiger charge is 2.21. The summed E-state index contributed by atoms with van der Waals surface area (Å²) in [4.78, 5) is 13.7. The summed E-state index contributed by atoms with van der Waals surface area (Å²) in [5, 5.41) is 7.64. The lowest BCUT2D eigenvalue weighted by Crippen LogP contribution is -2.30. The Morgan fingerprint density at radius 2 is 1.96 bits per heavy atom. The fourth-order valence-electron chi connectivity index (χ4n) is 3.46. The van der Waals surface area contributed by atoms with Crippen molar-refractivity contribution in [1.29, 1.82) is 0 Å². The predicted molar refractivity (Wildman–Crippen MR) is 104 cm³/mol. The minimum Gasteiger partial charge on any atom is -0.366 e. The highest BCUT2D eigenvalue weighted by Crippen LogP contribution is 2.29. The second-order valence-electron chi connectivity index (χ2n) is 6.74. The predicted octanol–water partition coefficient (Wildman–Crippen LogP) is 3.70. The number of aromatic nitrogens is 2. The summed E-state index contributed by atoms with van der Waals surface area (Å²) < 4.78 is 1.97. The van der Waals surface area contributed by atoms with Crippen molar-refractivity contribution >= 4 is 17.3 Å². The van der Waals surface area contributed by atoms with E-state index in [2.05, 4.69) is 47.6 Å². The van der Waals surface area contributed by atoms with E-state index in [1.165, 1.54) is 23.7 Å². The number of fused-ring (bicyclic) bond motifs is 1. The molecule has 0 unspecified atom stereocenters. The fraction of sp³-hybridized carbons (Fsp3) is 0.238. The maximum Gasteiger partial charge on any atom is 0.221 e. The zero-order chi connectivity index (χ0) is 18.1. The molecular weight excluding hydrogens is 324 g/mol. The molecule has 1 amide bonds. The van der Waals surface area contributed by atoms with Gasteiger partial charge in [-0.05, 0) is 36.8 Å². The van der Waals surface area contributed by atoms with Crippen molar-refractivity contribution in [2.45, 2.75) is 26.8 Å². The number of aryl methyl sites for hydroxylation is 1. The summed E-state index contributed by atoms with van der Waals surface area (Å²) in [7, 11) is 0. The number of nitrogens with zero attached hydrogens (tertiary/aromatic N) is 3.